The summed E-state index contributed by atoms with van der Waals surface area (Å²) in [7, 11) is 2.40. The molecule has 0 bridgehead atoms. The molecule has 0 aliphatic heterocycles. The molecule has 0 aromatic heterocycles. The summed E-state index contributed by atoms with van der Waals surface area (Å²) in [5.74, 6) is 1.21. The molecule has 0 saturated heterocycles. The summed E-state index contributed by atoms with van der Waals surface area (Å²) in [5.41, 5.74) is 0.778. The first-order valence-corrected chi connectivity index (χ1v) is 8.92. The van der Waals surface area contributed by atoms with E-state index in [1.165, 1.54) is 0 Å². The second kappa shape index (κ2) is 7.79. The Bertz CT molecular complexity index is 455. The van der Waals surface area contributed by atoms with Crippen LogP contribution in [0.2, 0.25) is 0 Å². The Morgan fingerprint density at radius 1 is 1.14 bits per heavy atom. The summed E-state index contributed by atoms with van der Waals surface area (Å²) in [6.07, 6.45) is 3.13. The molecule has 1 aromatic carbocycles. The number of carbonyl (C=O) groups is 1. The Morgan fingerprint density at radius 2 is 1.67 bits per heavy atom. The van der Waals surface area contributed by atoms with Crippen LogP contribution in [0, 0.1) is 0 Å². The SMILES string of the molecule is CCCCP(C(=O)c1c(OC)cccc1OC)C(C)(C)C. The highest BCUT2D eigenvalue weighted by Gasteiger charge is 2.34. The zero-order valence-corrected chi connectivity index (χ0v) is 14.9. The molecule has 118 valence electrons. The van der Waals surface area contributed by atoms with Gasteiger partial charge >= 0.3 is 0 Å². The Hall–Kier alpha value is -1.08. The standard InChI is InChI=1S/C17H27O3P/c1-7-8-12-21(17(2,3)4)16(18)15-13(19-5)10-9-11-14(15)20-6/h9-11H,7-8,12H2,1-6H3. The van der Waals surface area contributed by atoms with Crippen LogP contribution in [0.3, 0.4) is 0 Å². The van der Waals surface area contributed by atoms with E-state index >= 15 is 0 Å². The molecule has 1 atom stereocenters. The van der Waals surface area contributed by atoms with Crippen molar-refractivity contribution < 1.29 is 14.3 Å². The van der Waals surface area contributed by atoms with Gasteiger partial charge in [0.05, 0.1) is 14.2 Å². The number of carbonyl (C=O) groups excluding carboxylic acids is 1. The molecule has 0 aliphatic rings. The molecule has 4 heteroatoms. The van der Waals surface area contributed by atoms with Crippen LogP contribution in [0.25, 0.3) is 0 Å². The van der Waals surface area contributed by atoms with Crippen molar-refractivity contribution in [1.29, 1.82) is 0 Å². The van der Waals surface area contributed by atoms with Crippen LogP contribution in [0.4, 0.5) is 0 Å². The number of hydrogen-bond donors (Lipinski definition) is 0. The minimum atomic E-state index is -0.788. The largest absolute Gasteiger partial charge is 0.496 e. The van der Waals surface area contributed by atoms with Crippen LogP contribution < -0.4 is 9.47 Å². The summed E-state index contributed by atoms with van der Waals surface area (Å²) in [4.78, 5) is 13.1. The monoisotopic (exact) mass is 310 g/mol. The number of benzene rings is 1. The second-order valence-electron chi connectivity index (χ2n) is 6.02. The molecule has 3 nitrogen and oxygen atoms in total. The number of hydrogen-bond acceptors (Lipinski definition) is 3. The fourth-order valence-corrected chi connectivity index (χ4v) is 4.86. The summed E-state index contributed by atoms with van der Waals surface area (Å²) in [5, 5.41) is -0.0204. The van der Waals surface area contributed by atoms with E-state index in [1.54, 1.807) is 14.2 Å². The molecule has 21 heavy (non-hydrogen) atoms. The maximum atomic E-state index is 13.1. The lowest BCUT2D eigenvalue weighted by atomic mass is 10.2. The molecule has 0 saturated carbocycles. The van der Waals surface area contributed by atoms with Gasteiger partial charge in [0.15, 0.2) is 5.52 Å². The van der Waals surface area contributed by atoms with Gasteiger partial charge in [-0.2, -0.15) is 0 Å². The van der Waals surface area contributed by atoms with Crippen molar-refractivity contribution >= 4 is 13.4 Å². The summed E-state index contributed by atoms with van der Waals surface area (Å²) in [6, 6.07) is 5.50. The number of ether oxygens (including phenoxy) is 2. The van der Waals surface area contributed by atoms with Gasteiger partial charge in [0.25, 0.3) is 0 Å². The second-order valence-corrected chi connectivity index (χ2v) is 9.07. The van der Waals surface area contributed by atoms with Crippen LogP contribution in [-0.2, 0) is 0 Å². The number of methoxy groups -OCH3 is 2. The lowest BCUT2D eigenvalue weighted by molar-refractivity contribution is 0.107. The predicted octanol–water partition coefficient (Wildman–Crippen LogP) is 4.92. The quantitative estimate of drug-likeness (QED) is 0.670. The predicted molar refractivity (Wildman–Crippen MR) is 90.3 cm³/mol. The van der Waals surface area contributed by atoms with Gasteiger partial charge in [-0.05, 0) is 37.8 Å². The Kier molecular flexibility index (Phi) is 6.67. The average Bonchev–Trinajstić information content (AvgIpc) is 2.45. The van der Waals surface area contributed by atoms with Crippen molar-refractivity contribution in [2.75, 3.05) is 20.4 Å². The molecule has 0 radical (unpaired) electrons. The Labute approximate surface area is 129 Å². The third-order valence-corrected chi connectivity index (χ3v) is 6.53. The van der Waals surface area contributed by atoms with Crippen molar-refractivity contribution in [3.05, 3.63) is 23.8 Å². The molecule has 0 N–H and O–H groups in total. The van der Waals surface area contributed by atoms with E-state index in [0.717, 1.165) is 19.0 Å². The molecule has 0 aliphatic carbocycles. The first kappa shape index (κ1) is 18.0. The van der Waals surface area contributed by atoms with Crippen molar-refractivity contribution in [2.24, 2.45) is 0 Å². The number of rotatable bonds is 7. The van der Waals surface area contributed by atoms with E-state index in [1.807, 2.05) is 18.2 Å². The molecular formula is C17H27O3P. The van der Waals surface area contributed by atoms with Crippen molar-refractivity contribution in [3.8, 4) is 11.5 Å². The normalized spacial score (nSPS) is 12.9. The highest BCUT2D eigenvalue weighted by molar-refractivity contribution is 7.76. The summed E-state index contributed by atoms with van der Waals surface area (Å²) in [6.45, 7) is 8.60. The van der Waals surface area contributed by atoms with E-state index in [-0.39, 0.29) is 10.7 Å². The van der Waals surface area contributed by atoms with E-state index in [4.69, 9.17) is 9.47 Å². The highest BCUT2D eigenvalue weighted by Crippen LogP contribution is 2.54. The first-order valence-electron chi connectivity index (χ1n) is 7.39. The van der Waals surface area contributed by atoms with Gasteiger partial charge in [0, 0.05) is 0 Å². The zero-order chi connectivity index (χ0) is 16.0. The lowest BCUT2D eigenvalue weighted by Crippen LogP contribution is -2.20. The van der Waals surface area contributed by atoms with Gasteiger partial charge in [0.1, 0.15) is 17.1 Å². The molecule has 0 heterocycles. The maximum Gasteiger partial charge on any atom is 0.192 e. The summed E-state index contributed by atoms with van der Waals surface area (Å²) >= 11 is 0. The molecule has 1 aromatic rings. The van der Waals surface area contributed by atoms with Crippen LogP contribution in [0.1, 0.15) is 50.9 Å². The summed E-state index contributed by atoms with van der Waals surface area (Å²) < 4.78 is 10.8. The van der Waals surface area contributed by atoms with Crippen molar-refractivity contribution in [1.82, 2.24) is 0 Å². The fraction of sp³-hybridized carbons (Fsp3) is 0.588. The Balaban J connectivity index is 3.26. The average molecular weight is 310 g/mol. The van der Waals surface area contributed by atoms with E-state index < -0.39 is 7.92 Å². The highest BCUT2D eigenvalue weighted by atomic mass is 31.1. The van der Waals surface area contributed by atoms with E-state index in [0.29, 0.717) is 17.1 Å². The lowest BCUT2D eigenvalue weighted by Gasteiger charge is -2.30. The smallest absolute Gasteiger partial charge is 0.192 e. The van der Waals surface area contributed by atoms with Gasteiger partial charge in [-0.3, -0.25) is 4.79 Å². The first-order chi connectivity index (χ1) is 9.86. The van der Waals surface area contributed by atoms with Gasteiger partial charge in [-0.15, -0.1) is 0 Å². The van der Waals surface area contributed by atoms with Gasteiger partial charge in [-0.25, -0.2) is 0 Å². The third kappa shape index (κ3) is 4.44. The van der Waals surface area contributed by atoms with Crippen molar-refractivity contribution in [3.63, 3.8) is 0 Å². The molecule has 0 amide bonds. The third-order valence-electron chi connectivity index (χ3n) is 3.43. The molecule has 1 rings (SSSR count). The molecule has 0 fully saturated rings. The van der Waals surface area contributed by atoms with Gasteiger partial charge in [0.2, 0.25) is 0 Å². The van der Waals surface area contributed by atoms with Crippen LogP contribution >= 0.6 is 7.92 Å². The zero-order valence-electron chi connectivity index (χ0n) is 14.0. The molecule has 0 spiro atoms. The van der Waals surface area contributed by atoms with E-state index in [9.17, 15) is 4.79 Å². The number of unbranched alkanes of at least 4 members (excludes halogenated alkanes) is 1. The van der Waals surface area contributed by atoms with Crippen LogP contribution in [0.5, 0.6) is 11.5 Å². The van der Waals surface area contributed by atoms with Crippen molar-refractivity contribution in [2.45, 2.75) is 45.7 Å². The van der Waals surface area contributed by atoms with E-state index in [2.05, 4.69) is 27.7 Å². The minimum absolute atomic E-state index is 0.0204. The topological polar surface area (TPSA) is 35.5 Å². The maximum absolute atomic E-state index is 13.1. The minimum Gasteiger partial charge on any atom is -0.496 e. The van der Waals surface area contributed by atoms with Crippen LogP contribution in [-0.4, -0.2) is 31.1 Å². The van der Waals surface area contributed by atoms with Gasteiger partial charge < -0.3 is 9.47 Å². The van der Waals surface area contributed by atoms with Gasteiger partial charge in [-0.1, -0.05) is 40.2 Å². The Morgan fingerprint density at radius 3 is 2.05 bits per heavy atom. The fourth-order valence-electron chi connectivity index (χ4n) is 2.25. The molecule has 1 unspecified atom stereocenters. The molecular weight excluding hydrogens is 283 g/mol. The van der Waals surface area contributed by atoms with Crippen LogP contribution in [0.15, 0.2) is 18.2 Å².